The number of allylic oxidation sites excluding steroid dienone is 1. The van der Waals surface area contributed by atoms with Crippen molar-refractivity contribution in [3.05, 3.63) is 34.3 Å². The van der Waals surface area contributed by atoms with Crippen molar-refractivity contribution in [2.24, 2.45) is 0 Å². The van der Waals surface area contributed by atoms with Crippen LogP contribution in [0, 0.1) is 0 Å². The zero-order valence-corrected chi connectivity index (χ0v) is 9.80. The van der Waals surface area contributed by atoms with Gasteiger partial charge in [0.15, 0.2) is 0 Å². The molecule has 2 heteroatoms. The van der Waals surface area contributed by atoms with Crippen LogP contribution in [0.25, 0.3) is 5.57 Å². The number of benzene rings is 1. The molecule has 1 aromatic rings. The zero-order valence-electron chi connectivity index (χ0n) is 8.22. The molecule has 0 radical (unpaired) electrons. The van der Waals surface area contributed by atoms with E-state index in [-0.39, 0.29) is 0 Å². The molecule has 0 saturated carbocycles. The van der Waals surface area contributed by atoms with Gasteiger partial charge < -0.3 is 4.74 Å². The predicted octanol–water partition coefficient (Wildman–Crippen LogP) is 3.99. The van der Waals surface area contributed by atoms with Crippen LogP contribution >= 0.6 is 15.9 Å². The number of halogens is 1. The summed E-state index contributed by atoms with van der Waals surface area (Å²) in [7, 11) is 0. The van der Waals surface area contributed by atoms with Crippen molar-refractivity contribution in [1.82, 2.24) is 0 Å². The Bertz CT molecular complexity index is 368. The highest BCUT2D eigenvalue weighted by Gasteiger charge is 2.16. The van der Waals surface area contributed by atoms with Crippen LogP contribution in [0.15, 0.2) is 28.7 Å². The Labute approximate surface area is 92.9 Å². The third-order valence-electron chi connectivity index (χ3n) is 2.39. The van der Waals surface area contributed by atoms with Gasteiger partial charge in [-0.25, -0.2) is 0 Å². The summed E-state index contributed by atoms with van der Waals surface area (Å²) in [5.74, 6) is 1.01. The quantitative estimate of drug-likeness (QED) is 0.774. The summed E-state index contributed by atoms with van der Waals surface area (Å²) < 4.78 is 6.80. The smallest absolute Gasteiger partial charge is 0.127 e. The lowest BCUT2D eigenvalue weighted by Gasteiger charge is -2.20. The van der Waals surface area contributed by atoms with E-state index in [4.69, 9.17) is 4.74 Å². The maximum absolute atomic E-state index is 5.61. The minimum absolute atomic E-state index is 0.673. The molecule has 0 amide bonds. The third-order valence-corrected chi connectivity index (χ3v) is 3.10. The normalized spacial score (nSPS) is 15.0. The van der Waals surface area contributed by atoms with Crippen LogP contribution in [0.4, 0.5) is 0 Å². The van der Waals surface area contributed by atoms with Gasteiger partial charge in [0, 0.05) is 10.0 Å². The zero-order chi connectivity index (χ0) is 9.97. The number of para-hydroxylation sites is 1. The van der Waals surface area contributed by atoms with Gasteiger partial charge in [-0.1, -0.05) is 47.5 Å². The molecule has 2 rings (SSSR count). The Morgan fingerprint density at radius 2 is 2.14 bits per heavy atom. The van der Waals surface area contributed by atoms with Gasteiger partial charge in [-0.05, 0) is 18.1 Å². The van der Waals surface area contributed by atoms with Crippen LogP contribution in [-0.4, -0.2) is 6.61 Å². The second kappa shape index (κ2) is 4.18. The van der Waals surface area contributed by atoms with Crippen molar-refractivity contribution in [1.29, 1.82) is 0 Å². The lowest BCUT2D eigenvalue weighted by atomic mass is 9.99. The number of ether oxygens (including phenoxy) is 1. The van der Waals surface area contributed by atoms with E-state index in [1.165, 1.54) is 22.0 Å². The predicted molar refractivity (Wildman–Crippen MR) is 62.7 cm³/mol. The SMILES string of the molecule is CCCC1=C(Br)COc2ccccc21. The second-order valence-corrected chi connectivity index (χ2v) is 4.38. The van der Waals surface area contributed by atoms with Crippen LogP contribution < -0.4 is 4.74 Å². The summed E-state index contributed by atoms with van der Waals surface area (Å²) in [5.41, 5.74) is 2.64. The van der Waals surface area contributed by atoms with E-state index in [9.17, 15) is 0 Å². The van der Waals surface area contributed by atoms with E-state index in [0.717, 1.165) is 12.2 Å². The Kier molecular flexibility index (Phi) is 2.92. The molecule has 0 atom stereocenters. The van der Waals surface area contributed by atoms with Crippen LogP contribution in [0.5, 0.6) is 5.75 Å². The fourth-order valence-corrected chi connectivity index (χ4v) is 2.26. The average molecular weight is 253 g/mol. The molecule has 0 bridgehead atoms. The molecule has 0 fully saturated rings. The molecule has 74 valence electrons. The van der Waals surface area contributed by atoms with Gasteiger partial charge in [0.2, 0.25) is 0 Å². The van der Waals surface area contributed by atoms with Crippen molar-refractivity contribution in [3.8, 4) is 5.75 Å². The van der Waals surface area contributed by atoms with Crippen molar-refractivity contribution in [3.63, 3.8) is 0 Å². The molecule has 1 aromatic carbocycles. The summed E-state index contributed by atoms with van der Waals surface area (Å²) in [6.45, 7) is 2.87. The molecule has 1 heterocycles. The summed E-state index contributed by atoms with van der Waals surface area (Å²) in [6.07, 6.45) is 2.28. The molecule has 1 aliphatic rings. The summed E-state index contributed by atoms with van der Waals surface area (Å²) in [5, 5.41) is 0. The molecule has 0 N–H and O–H groups in total. The molecule has 0 unspecified atom stereocenters. The maximum Gasteiger partial charge on any atom is 0.127 e. The fraction of sp³-hybridized carbons (Fsp3) is 0.333. The average Bonchev–Trinajstić information content (AvgIpc) is 2.23. The third kappa shape index (κ3) is 1.71. The van der Waals surface area contributed by atoms with Crippen molar-refractivity contribution >= 4 is 21.5 Å². The van der Waals surface area contributed by atoms with Crippen molar-refractivity contribution in [2.75, 3.05) is 6.61 Å². The number of hydrogen-bond acceptors (Lipinski definition) is 1. The summed E-state index contributed by atoms with van der Waals surface area (Å²) in [4.78, 5) is 0. The molecule has 0 aromatic heterocycles. The van der Waals surface area contributed by atoms with E-state index in [0.29, 0.717) is 6.61 Å². The van der Waals surface area contributed by atoms with Crippen molar-refractivity contribution in [2.45, 2.75) is 19.8 Å². The first-order chi connectivity index (χ1) is 6.83. The van der Waals surface area contributed by atoms with Crippen molar-refractivity contribution < 1.29 is 4.74 Å². The maximum atomic E-state index is 5.61. The minimum atomic E-state index is 0.673. The monoisotopic (exact) mass is 252 g/mol. The van der Waals surface area contributed by atoms with E-state index in [2.05, 4.69) is 35.0 Å². The molecule has 0 aliphatic carbocycles. The van der Waals surface area contributed by atoms with Gasteiger partial charge in [-0.15, -0.1) is 0 Å². The molecule has 0 saturated heterocycles. The van der Waals surface area contributed by atoms with Gasteiger partial charge in [-0.2, -0.15) is 0 Å². The molecule has 1 nitrogen and oxygen atoms in total. The lowest BCUT2D eigenvalue weighted by molar-refractivity contribution is 0.354. The standard InChI is InChI=1S/C12H13BrO/c1-2-5-9-10-6-3-4-7-12(10)14-8-11(9)13/h3-4,6-7H,2,5,8H2,1H3. The first kappa shape index (κ1) is 9.78. The Balaban J connectivity index is 2.45. The minimum Gasteiger partial charge on any atom is -0.488 e. The van der Waals surface area contributed by atoms with Crippen LogP contribution in [-0.2, 0) is 0 Å². The number of fused-ring (bicyclic) bond motifs is 1. The Morgan fingerprint density at radius 3 is 2.93 bits per heavy atom. The van der Waals surface area contributed by atoms with Crippen LogP contribution in [0.1, 0.15) is 25.3 Å². The Morgan fingerprint density at radius 1 is 1.36 bits per heavy atom. The fourth-order valence-electron chi connectivity index (χ4n) is 1.74. The molecule has 1 aliphatic heterocycles. The number of hydrogen-bond donors (Lipinski definition) is 0. The largest absolute Gasteiger partial charge is 0.488 e. The first-order valence-electron chi connectivity index (χ1n) is 4.92. The van der Waals surface area contributed by atoms with E-state index in [1.807, 2.05) is 12.1 Å². The summed E-state index contributed by atoms with van der Waals surface area (Å²) in [6, 6.07) is 8.23. The van der Waals surface area contributed by atoms with Gasteiger partial charge in [0.25, 0.3) is 0 Å². The van der Waals surface area contributed by atoms with E-state index >= 15 is 0 Å². The first-order valence-corrected chi connectivity index (χ1v) is 5.72. The van der Waals surface area contributed by atoms with Crippen LogP contribution in [0.3, 0.4) is 0 Å². The van der Waals surface area contributed by atoms with E-state index in [1.54, 1.807) is 0 Å². The van der Waals surface area contributed by atoms with Gasteiger partial charge in [0.1, 0.15) is 12.4 Å². The molecule has 0 spiro atoms. The van der Waals surface area contributed by atoms with Gasteiger partial charge >= 0.3 is 0 Å². The van der Waals surface area contributed by atoms with Crippen LogP contribution in [0.2, 0.25) is 0 Å². The lowest BCUT2D eigenvalue weighted by Crippen LogP contribution is -2.07. The highest BCUT2D eigenvalue weighted by Crippen LogP contribution is 2.37. The summed E-state index contributed by atoms with van der Waals surface area (Å²) >= 11 is 3.58. The highest BCUT2D eigenvalue weighted by atomic mass is 79.9. The molecular weight excluding hydrogens is 240 g/mol. The Hall–Kier alpha value is -0.760. The number of rotatable bonds is 2. The molecular formula is C12H13BrO. The van der Waals surface area contributed by atoms with E-state index < -0.39 is 0 Å². The topological polar surface area (TPSA) is 9.23 Å². The van der Waals surface area contributed by atoms with Gasteiger partial charge in [-0.3, -0.25) is 0 Å². The van der Waals surface area contributed by atoms with Gasteiger partial charge in [0.05, 0.1) is 0 Å². The second-order valence-electron chi connectivity index (χ2n) is 3.42. The highest BCUT2D eigenvalue weighted by molar-refractivity contribution is 9.11. The molecule has 14 heavy (non-hydrogen) atoms.